The van der Waals surface area contributed by atoms with E-state index in [-0.39, 0.29) is 0 Å². The number of aromatic nitrogens is 1. The normalized spacial score (nSPS) is 25.2. The number of nitrogens with zero attached hydrogens (tertiary/aromatic N) is 2. The van der Waals surface area contributed by atoms with Gasteiger partial charge in [0.1, 0.15) is 0 Å². The molecule has 1 aromatic heterocycles. The molecule has 0 unspecified atom stereocenters. The van der Waals surface area contributed by atoms with E-state index in [0.717, 1.165) is 31.1 Å². The van der Waals surface area contributed by atoms with Crippen molar-refractivity contribution < 1.29 is 9.53 Å². The van der Waals surface area contributed by atoms with Crippen molar-refractivity contribution in [3.8, 4) is 0 Å². The molecule has 2 fully saturated rings. The van der Waals surface area contributed by atoms with Crippen molar-refractivity contribution in [2.45, 2.75) is 44.4 Å². The van der Waals surface area contributed by atoms with Crippen molar-refractivity contribution in [1.29, 1.82) is 0 Å². The Kier molecular flexibility index (Phi) is 5.65. The second-order valence-corrected chi connectivity index (χ2v) is 7.06. The largest absolute Gasteiger partial charge is 0.384 e. The molecule has 1 aliphatic heterocycles. The maximum Gasteiger partial charge on any atom is 0.222 e. The standard InChI is InChI=1S/C19H28N2O2/c1-23-14-16-12-21(13-17(16)18-8-4-5-11-20-18)19(22)10-9-15-6-2-3-7-15/h4-5,8,11,15-17H,2-3,6-7,9-10,12-14H2,1H3/t16-,17+/m0/s1. The minimum atomic E-state index is 0.298. The molecule has 4 heteroatoms. The maximum atomic E-state index is 12.6. The number of amides is 1. The maximum absolute atomic E-state index is 12.6. The molecule has 1 amide bonds. The van der Waals surface area contributed by atoms with Crippen LogP contribution in [0.25, 0.3) is 0 Å². The SMILES string of the molecule is COC[C@@H]1CN(C(=O)CCC2CCCC2)C[C@H]1c1ccccn1. The first-order valence-electron chi connectivity index (χ1n) is 8.95. The van der Waals surface area contributed by atoms with Gasteiger partial charge in [0.25, 0.3) is 0 Å². The third-order valence-corrected chi connectivity index (χ3v) is 5.48. The number of carbonyl (C=O) groups is 1. The molecular weight excluding hydrogens is 288 g/mol. The van der Waals surface area contributed by atoms with Gasteiger partial charge in [0.05, 0.1) is 6.61 Å². The zero-order valence-electron chi connectivity index (χ0n) is 14.1. The van der Waals surface area contributed by atoms with Crippen LogP contribution in [-0.2, 0) is 9.53 Å². The predicted molar refractivity (Wildman–Crippen MR) is 90.1 cm³/mol. The Morgan fingerprint density at radius 3 is 2.83 bits per heavy atom. The van der Waals surface area contributed by atoms with Gasteiger partial charge >= 0.3 is 0 Å². The predicted octanol–water partition coefficient (Wildman–Crippen LogP) is 3.24. The number of hydrogen-bond acceptors (Lipinski definition) is 3. The van der Waals surface area contributed by atoms with Gasteiger partial charge in [-0.3, -0.25) is 9.78 Å². The van der Waals surface area contributed by atoms with Gasteiger partial charge in [0.2, 0.25) is 5.91 Å². The van der Waals surface area contributed by atoms with Gasteiger partial charge < -0.3 is 9.64 Å². The molecule has 1 saturated carbocycles. The Hall–Kier alpha value is -1.42. The molecule has 4 nitrogen and oxygen atoms in total. The highest BCUT2D eigenvalue weighted by Crippen LogP contribution is 2.33. The summed E-state index contributed by atoms with van der Waals surface area (Å²) in [4.78, 5) is 19.1. The minimum absolute atomic E-state index is 0.298. The highest BCUT2D eigenvalue weighted by molar-refractivity contribution is 5.76. The van der Waals surface area contributed by atoms with Crippen molar-refractivity contribution in [2.24, 2.45) is 11.8 Å². The van der Waals surface area contributed by atoms with E-state index in [1.165, 1.54) is 25.7 Å². The van der Waals surface area contributed by atoms with E-state index in [4.69, 9.17) is 4.74 Å². The molecule has 0 aromatic carbocycles. The van der Waals surface area contributed by atoms with Crippen LogP contribution < -0.4 is 0 Å². The number of ether oxygens (including phenoxy) is 1. The summed E-state index contributed by atoms with van der Waals surface area (Å²) in [6.45, 7) is 2.28. The molecule has 126 valence electrons. The van der Waals surface area contributed by atoms with Crippen molar-refractivity contribution in [2.75, 3.05) is 26.8 Å². The van der Waals surface area contributed by atoms with E-state index < -0.39 is 0 Å². The Morgan fingerprint density at radius 2 is 2.13 bits per heavy atom. The third kappa shape index (κ3) is 4.11. The summed E-state index contributed by atoms with van der Waals surface area (Å²) in [5.41, 5.74) is 1.08. The number of likely N-dealkylation sites (tertiary alicyclic amines) is 1. The molecule has 1 aliphatic carbocycles. The van der Waals surface area contributed by atoms with Crippen molar-refractivity contribution in [3.63, 3.8) is 0 Å². The van der Waals surface area contributed by atoms with Crippen LogP contribution in [-0.4, -0.2) is 42.6 Å². The number of hydrogen-bond donors (Lipinski definition) is 0. The van der Waals surface area contributed by atoms with Crippen molar-refractivity contribution in [3.05, 3.63) is 30.1 Å². The molecular formula is C19H28N2O2. The lowest BCUT2D eigenvalue weighted by Crippen LogP contribution is -2.29. The lowest BCUT2D eigenvalue weighted by atomic mass is 9.93. The lowest BCUT2D eigenvalue weighted by Gasteiger charge is -2.17. The van der Waals surface area contributed by atoms with Crippen LogP contribution in [0.2, 0.25) is 0 Å². The fourth-order valence-corrected chi connectivity index (χ4v) is 4.17. The fraction of sp³-hybridized carbons (Fsp3) is 0.684. The first kappa shape index (κ1) is 16.4. The topological polar surface area (TPSA) is 42.4 Å². The number of pyridine rings is 1. The highest BCUT2D eigenvalue weighted by atomic mass is 16.5. The van der Waals surface area contributed by atoms with Crippen LogP contribution in [0, 0.1) is 11.8 Å². The zero-order valence-corrected chi connectivity index (χ0v) is 14.1. The molecule has 23 heavy (non-hydrogen) atoms. The van der Waals surface area contributed by atoms with Crippen LogP contribution in [0.3, 0.4) is 0 Å². The number of rotatable bonds is 6. The summed E-state index contributed by atoms with van der Waals surface area (Å²) >= 11 is 0. The first-order chi connectivity index (χ1) is 11.3. The monoisotopic (exact) mass is 316 g/mol. The average Bonchev–Trinajstić information content (AvgIpc) is 3.23. The Labute approximate surface area is 139 Å². The van der Waals surface area contributed by atoms with Gasteiger partial charge in [-0.05, 0) is 24.5 Å². The molecule has 2 aliphatic rings. The summed E-state index contributed by atoms with van der Waals surface area (Å²) in [6, 6.07) is 6.03. The Morgan fingerprint density at radius 1 is 1.30 bits per heavy atom. The summed E-state index contributed by atoms with van der Waals surface area (Å²) in [6.07, 6.45) is 8.94. The van der Waals surface area contributed by atoms with Gasteiger partial charge in [0.15, 0.2) is 0 Å². The molecule has 0 bridgehead atoms. The van der Waals surface area contributed by atoms with Gasteiger partial charge in [0, 0.05) is 50.3 Å². The quantitative estimate of drug-likeness (QED) is 0.809. The number of carbonyl (C=O) groups excluding carboxylic acids is 1. The van der Waals surface area contributed by atoms with Gasteiger partial charge in [-0.25, -0.2) is 0 Å². The van der Waals surface area contributed by atoms with Gasteiger partial charge in [-0.2, -0.15) is 0 Å². The van der Waals surface area contributed by atoms with Crippen molar-refractivity contribution in [1.82, 2.24) is 9.88 Å². The second kappa shape index (κ2) is 7.91. The van der Waals surface area contributed by atoms with Crippen LogP contribution in [0.5, 0.6) is 0 Å². The van der Waals surface area contributed by atoms with E-state index in [1.807, 2.05) is 23.2 Å². The summed E-state index contributed by atoms with van der Waals surface area (Å²) in [5.74, 6) is 1.75. The molecule has 0 radical (unpaired) electrons. The smallest absolute Gasteiger partial charge is 0.222 e. The summed E-state index contributed by atoms with van der Waals surface area (Å²) < 4.78 is 5.38. The van der Waals surface area contributed by atoms with Crippen LogP contribution >= 0.6 is 0 Å². The summed E-state index contributed by atoms with van der Waals surface area (Å²) in [5, 5.41) is 0. The van der Waals surface area contributed by atoms with E-state index in [2.05, 4.69) is 11.1 Å². The van der Waals surface area contributed by atoms with Gasteiger partial charge in [-0.1, -0.05) is 31.7 Å². The van der Waals surface area contributed by atoms with E-state index in [0.29, 0.717) is 30.8 Å². The average molecular weight is 316 g/mol. The van der Waals surface area contributed by atoms with Crippen LogP contribution in [0.15, 0.2) is 24.4 Å². The second-order valence-electron chi connectivity index (χ2n) is 7.06. The molecule has 2 atom stereocenters. The summed E-state index contributed by atoms with van der Waals surface area (Å²) in [7, 11) is 1.74. The Bertz CT molecular complexity index is 499. The molecule has 1 aromatic rings. The van der Waals surface area contributed by atoms with Crippen LogP contribution in [0.1, 0.15) is 50.1 Å². The van der Waals surface area contributed by atoms with Crippen molar-refractivity contribution >= 4 is 5.91 Å². The molecule has 0 N–H and O–H groups in total. The molecule has 1 saturated heterocycles. The zero-order chi connectivity index (χ0) is 16.1. The molecule has 0 spiro atoms. The number of methoxy groups -OCH3 is 1. The van der Waals surface area contributed by atoms with E-state index in [9.17, 15) is 4.79 Å². The first-order valence-corrected chi connectivity index (χ1v) is 8.95. The van der Waals surface area contributed by atoms with E-state index >= 15 is 0 Å². The minimum Gasteiger partial charge on any atom is -0.384 e. The highest BCUT2D eigenvalue weighted by Gasteiger charge is 2.36. The lowest BCUT2D eigenvalue weighted by molar-refractivity contribution is -0.130. The molecule has 2 heterocycles. The fourth-order valence-electron chi connectivity index (χ4n) is 4.17. The van der Waals surface area contributed by atoms with Gasteiger partial charge in [-0.15, -0.1) is 0 Å². The third-order valence-electron chi connectivity index (χ3n) is 5.48. The van der Waals surface area contributed by atoms with Crippen LogP contribution in [0.4, 0.5) is 0 Å². The Balaban J connectivity index is 1.59. The van der Waals surface area contributed by atoms with E-state index in [1.54, 1.807) is 7.11 Å². The molecule has 3 rings (SSSR count).